The highest BCUT2D eigenvalue weighted by atomic mass is 32.1. The van der Waals surface area contributed by atoms with E-state index < -0.39 is 0 Å². The molecule has 2 aromatic heterocycles. The topological polar surface area (TPSA) is 33.2 Å². The molecular formula is C16H20N2OS. The zero-order valence-corrected chi connectivity index (χ0v) is 13.5. The molecule has 2 aromatic rings. The van der Waals surface area contributed by atoms with Gasteiger partial charge in [-0.05, 0) is 50.7 Å². The average Bonchev–Trinajstić information content (AvgIpc) is 3.16. The number of rotatable bonds is 2. The Morgan fingerprint density at radius 2 is 1.90 bits per heavy atom. The predicted octanol–water partition coefficient (Wildman–Crippen LogP) is 3.80. The molecule has 2 heterocycles. The summed E-state index contributed by atoms with van der Waals surface area (Å²) in [6.07, 6.45) is 2.39. The first-order valence-electron chi connectivity index (χ1n) is 7.03. The van der Waals surface area contributed by atoms with E-state index >= 15 is 0 Å². The molecule has 4 heteroatoms. The molecule has 0 radical (unpaired) electrons. The largest absolute Gasteiger partial charge is 0.345 e. The van der Waals surface area contributed by atoms with Gasteiger partial charge in [0.05, 0.1) is 11.3 Å². The van der Waals surface area contributed by atoms with E-state index in [9.17, 15) is 4.79 Å². The van der Waals surface area contributed by atoms with Gasteiger partial charge in [-0.25, -0.2) is 4.98 Å². The molecule has 0 N–H and O–H groups in total. The number of carbonyl (C=O) groups excluding carboxylic acids is 1. The molecule has 106 valence electrons. The number of hydrogen-bond acceptors (Lipinski definition) is 3. The number of thiophene rings is 1. The fourth-order valence-electron chi connectivity index (χ4n) is 2.81. The van der Waals surface area contributed by atoms with Crippen molar-refractivity contribution in [3.05, 3.63) is 27.3 Å². The van der Waals surface area contributed by atoms with Gasteiger partial charge in [-0.1, -0.05) is 0 Å². The van der Waals surface area contributed by atoms with Crippen molar-refractivity contribution >= 4 is 27.5 Å². The van der Waals surface area contributed by atoms with E-state index in [0.29, 0.717) is 5.92 Å². The van der Waals surface area contributed by atoms with E-state index in [1.807, 2.05) is 21.0 Å². The molecule has 3 rings (SSSR count). The lowest BCUT2D eigenvalue weighted by atomic mass is 9.96. The van der Waals surface area contributed by atoms with Crippen LogP contribution in [0.25, 0.3) is 10.2 Å². The van der Waals surface area contributed by atoms with E-state index in [1.54, 1.807) is 16.2 Å². The minimum Gasteiger partial charge on any atom is -0.345 e. The van der Waals surface area contributed by atoms with Crippen LogP contribution in [0, 0.1) is 20.8 Å². The fraction of sp³-hybridized carbons (Fsp3) is 0.500. The highest BCUT2D eigenvalue weighted by Crippen LogP contribution is 2.47. The Bertz CT molecular complexity index is 711. The number of hydrogen-bond donors (Lipinski definition) is 0. The lowest BCUT2D eigenvalue weighted by molar-refractivity contribution is 0.0825. The molecule has 1 saturated carbocycles. The van der Waals surface area contributed by atoms with Gasteiger partial charge in [0.1, 0.15) is 4.83 Å². The third kappa shape index (κ3) is 1.94. The summed E-state index contributed by atoms with van der Waals surface area (Å²) in [6.45, 7) is 6.26. The van der Waals surface area contributed by atoms with Gasteiger partial charge in [0, 0.05) is 24.4 Å². The first-order valence-corrected chi connectivity index (χ1v) is 7.85. The van der Waals surface area contributed by atoms with E-state index in [-0.39, 0.29) is 5.91 Å². The highest BCUT2D eigenvalue weighted by Gasteiger charge is 2.33. The van der Waals surface area contributed by atoms with E-state index in [1.165, 1.54) is 34.2 Å². The SMILES string of the molecule is Cc1nc2sc(C)c(C)c2c(C2CC2)c1C(=O)N(C)C. The minimum atomic E-state index is 0.0852. The van der Waals surface area contributed by atoms with E-state index in [0.717, 1.165) is 16.1 Å². The first-order chi connectivity index (χ1) is 9.41. The molecule has 0 aliphatic heterocycles. The van der Waals surface area contributed by atoms with Gasteiger partial charge >= 0.3 is 0 Å². The van der Waals surface area contributed by atoms with Crippen LogP contribution in [0.3, 0.4) is 0 Å². The Morgan fingerprint density at radius 1 is 1.25 bits per heavy atom. The van der Waals surface area contributed by atoms with Gasteiger partial charge < -0.3 is 4.90 Å². The van der Waals surface area contributed by atoms with Crippen molar-refractivity contribution < 1.29 is 4.79 Å². The van der Waals surface area contributed by atoms with Gasteiger partial charge in [-0.15, -0.1) is 11.3 Å². The molecule has 20 heavy (non-hydrogen) atoms. The normalized spacial score (nSPS) is 14.8. The minimum absolute atomic E-state index is 0.0852. The average molecular weight is 288 g/mol. The van der Waals surface area contributed by atoms with Crippen LogP contribution in [0.4, 0.5) is 0 Å². The van der Waals surface area contributed by atoms with Crippen LogP contribution in [0.1, 0.15) is 50.8 Å². The second-order valence-electron chi connectivity index (χ2n) is 5.92. The molecule has 0 bridgehead atoms. The summed E-state index contributed by atoms with van der Waals surface area (Å²) in [6, 6.07) is 0. The van der Waals surface area contributed by atoms with Crippen molar-refractivity contribution in [2.45, 2.75) is 39.5 Å². The maximum absolute atomic E-state index is 12.6. The van der Waals surface area contributed by atoms with Crippen LogP contribution in [-0.4, -0.2) is 29.9 Å². The fourth-order valence-corrected chi connectivity index (χ4v) is 3.90. The summed E-state index contributed by atoms with van der Waals surface area (Å²) in [5.41, 5.74) is 4.27. The molecule has 3 nitrogen and oxygen atoms in total. The zero-order valence-electron chi connectivity index (χ0n) is 12.7. The number of pyridine rings is 1. The molecule has 1 aliphatic carbocycles. The van der Waals surface area contributed by atoms with Crippen LogP contribution < -0.4 is 0 Å². The van der Waals surface area contributed by atoms with Gasteiger partial charge in [-0.2, -0.15) is 0 Å². The van der Waals surface area contributed by atoms with Crippen LogP contribution in [0.5, 0.6) is 0 Å². The molecule has 0 saturated heterocycles. The predicted molar refractivity (Wildman–Crippen MR) is 83.8 cm³/mol. The lowest BCUT2D eigenvalue weighted by Crippen LogP contribution is -2.24. The molecule has 0 spiro atoms. The zero-order chi connectivity index (χ0) is 14.6. The third-order valence-electron chi connectivity index (χ3n) is 4.14. The summed E-state index contributed by atoms with van der Waals surface area (Å²) < 4.78 is 0. The highest BCUT2D eigenvalue weighted by molar-refractivity contribution is 7.18. The quantitative estimate of drug-likeness (QED) is 0.842. The van der Waals surface area contributed by atoms with Crippen molar-refractivity contribution in [1.82, 2.24) is 9.88 Å². The van der Waals surface area contributed by atoms with Crippen molar-refractivity contribution in [1.29, 1.82) is 0 Å². The van der Waals surface area contributed by atoms with Gasteiger partial charge in [-0.3, -0.25) is 4.79 Å². The van der Waals surface area contributed by atoms with Crippen molar-refractivity contribution in [3.8, 4) is 0 Å². The smallest absolute Gasteiger partial charge is 0.255 e. The number of aromatic nitrogens is 1. The van der Waals surface area contributed by atoms with Gasteiger partial charge in [0.15, 0.2) is 0 Å². The third-order valence-corrected chi connectivity index (χ3v) is 5.24. The molecule has 1 fully saturated rings. The standard InChI is InChI=1S/C16H20N2OS/c1-8-10(3)20-15-12(8)14(11-6-7-11)13(9(2)17-15)16(19)18(4)5/h11H,6-7H2,1-5H3. The summed E-state index contributed by atoms with van der Waals surface area (Å²) in [4.78, 5) is 21.3. The summed E-state index contributed by atoms with van der Waals surface area (Å²) in [5.74, 6) is 0.632. The Labute approximate surface area is 123 Å². The maximum atomic E-state index is 12.6. The summed E-state index contributed by atoms with van der Waals surface area (Å²) >= 11 is 1.75. The Balaban J connectivity index is 2.38. The van der Waals surface area contributed by atoms with Crippen molar-refractivity contribution in [2.24, 2.45) is 0 Å². The maximum Gasteiger partial charge on any atom is 0.255 e. The van der Waals surface area contributed by atoms with E-state index in [4.69, 9.17) is 4.98 Å². The Kier molecular flexibility index (Phi) is 3.09. The molecular weight excluding hydrogens is 268 g/mol. The van der Waals surface area contributed by atoms with Crippen LogP contribution in [0.2, 0.25) is 0 Å². The van der Waals surface area contributed by atoms with Gasteiger partial charge in [0.25, 0.3) is 5.91 Å². The number of carbonyl (C=O) groups is 1. The number of fused-ring (bicyclic) bond motifs is 1. The monoisotopic (exact) mass is 288 g/mol. The van der Waals surface area contributed by atoms with Crippen LogP contribution in [-0.2, 0) is 0 Å². The molecule has 0 aromatic carbocycles. The molecule has 1 aliphatic rings. The molecule has 0 unspecified atom stereocenters. The summed E-state index contributed by atoms with van der Waals surface area (Å²) in [5, 5.41) is 1.24. The molecule has 0 atom stereocenters. The second kappa shape index (κ2) is 4.55. The molecule has 1 amide bonds. The van der Waals surface area contributed by atoms with Crippen LogP contribution in [0.15, 0.2) is 0 Å². The first kappa shape index (κ1) is 13.6. The van der Waals surface area contributed by atoms with Crippen molar-refractivity contribution in [2.75, 3.05) is 14.1 Å². The van der Waals surface area contributed by atoms with E-state index in [2.05, 4.69) is 13.8 Å². The summed E-state index contributed by atoms with van der Waals surface area (Å²) in [7, 11) is 3.63. The number of amides is 1. The lowest BCUT2D eigenvalue weighted by Gasteiger charge is -2.17. The Morgan fingerprint density at radius 3 is 2.45 bits per heavy atom. The number of aryl methyl sites for hydroxylation is 3. The second-order valence-corrected chi connectivity index (χ2v) is 7.13. The Hall–Kier alpha value is -1.42. The van der Waals surface area contributed by atoms with Crippen LogP contribution >= 0.6 is 11.3 Å². The van der Waals surface area contributed by atoms with Gasteiger partial charge in [0.2, 0.25) is 0 Å². The van der Waals surface area contributed by atoms with Crippen molar-refractivity contribution in [3.63, 3.8) is 0 Å². The number of nitrogens with zero attached hydrogens (tertiary/aromatic N) is 2.